The standard InChI is InChI=1S/C50H37NO/c52-49(40-16-6-1-7-17-40)41-28-26-38(27-29-41)39-30-32-44(33-31-39)50(42-18-8-2-9-19-42,43-20-10-3-11-21-43)45-34-36-48(37-35-45)51(46-22-12-4-13-23-46)47-24-14-5-15-25-47/h1-37H. The Morgan fingerprint density at radius 2 is 0.615 bits per heavy atom. The largest absolute Gasteiger partial charge is 0.311 e. The number of para-hydroxylation sites is 2. The number of hydrogen-bond donors (Lipinski definition) is 0. The zero-order chi connectivity index (χ0) is 35.2. The van der Waals surface area contributed by atoms with E-state index in [4.69, 9.17) is 0 Å². The molecule has 248 valence electrons. The van der Waals surface area contributed by atoms with E-state index in [2.05, 4.69) is 175 Å². The van der Waals surface area contributed by atoms with Gasteiger partial charge in [0.1, 0.15) is 0 Å². The summed E-state index contributed by atoms with van der Waals surface area (Å²) < 4.78 is 0. The monoisotopic (exact) mass is 667 g/mol. The first kappa shape index (κ1) is 32.4. The molecule has 0 aromatic heterocycles. The number of hydrogen-bond acceptors (Lipinski definition) is 2. The van der Waals surface area contributed by atoms with Crippen LogP contribution in [0.25, 0.3) is 11.1 Å². The van der Waals surface area contributed by atoms with E-state index < -0.39 is 5.41 Å². The zero-order valence-corrected chi connectivity index (χ0v) is 28.7. The minimum atomic E-state index is -0.587. The Bertz CT molecular complexity index is 2280. The molecule has 8 rings (SSSR count). The first-order valence-corrected chi connectivity index (χ1v) is 17.6. The van der Waals surface area contributed by atoms with Crippen molar-refractivity contribution in [3.05, 3.63) is 258 Å². The highest BCUT2D eigenvalue weighted by Gasteiger charge is 2.38. The Labute approximate surface area is 305 Å². The first-order valence-electron chi connectivity index (χ1n) is 17.6. The van der Waals surface area contributed by atoms with E-state index in [0.29, 0.717) is 11.1 Å². The Kier molecular flexibility index (Phi) is 9.11. The van der Waals surface area contributed by atoms with Gasteiger partial charge in [-0.2, -0.15) is 0 Å². The molecule has 0 aliphatic rings. The predicted octanol–water partition coefficient (Wildman–Crippen LogP) is 12.4. The van der Waals surface area contributed by atoms with Gasteiger partial charge in [0, 0.05) is 28.2 Å². The number of benzene rings is 8. The Morgan fingerprint density at radius 3 is 1.06 bits per heavy atom. The van der Waals surface area contributed by atoms with Gasteiger partial charge in [0.05, 0.1) is 5.41 Å². The minimum Gasteiger partial charge on any atom is -0.311 e. The molecule has 8 aromatic rings. The number of rotatable bonds is 10. The van der Waals surface area contributed by atoms with Gasteiger partial charge in [-0.05, 0) is 69.8 Å². The fourth-order valence-corrected chi connectivity index (χ4v) is 7.32. The highest BCUT2D eigenvalue weighted by molar-refractivity contribution is 6.09. The van der Waals surface area contributed by atoms with Crippen molar-refractivity contribution in [2.45, 2.75) is 5.41 Å². The Balaban J connectivity index is 1.22. The molecule has 2 nitrogen and oxygen atoms in total. The second kappa shape index (κ2) is 14.6. The fraction of sp³-hybridized carbons (Fsp3) is 0.0200. The number of carbonyl (C=O) groups excluding carboxylic acids is 1. The van der Waals surface area contributed by atoms with Crippen molar-refractivity contribution in [1.82, 2.24) is 0 Å². The van der Waals surface area contributed by atoms with Crippen LogP contribution in [-0.4, -0.2) is 5.78 Å². The van der Waals surface area contributed by atoms with Crippen LogP contribution in [0.4, 0.5) is 17.1 Å². The summed E-state index contributed by atoms with van der Waals surface area (Å²) >= 11 is 0. The highest BCUT2D eigenvalue weighted by atomic mass is 16.1. The smallest absolute Gasteiger partial charge is 0.193 e. The van der Waals surface area contributed by atoms with Crippen molar-refractivity contribution in [1.29, 1.82) is 0 Å². The maximum atomic E-state index is 13.1. The topological polar surface area (TPSA) is 20.3 Å². The highest BCUT2D eigenvalue weighted by Crippen LogP contribution is 2.46. The van der Waals surface area contributed by atoms with Gasteiger partial charge in [-0.3, -0.25) is 4.79 Å². The summed E-state index contributed by atoms with van der Waals surface area (Å²) in [5, 5.41) is 0. The molecule has 0 aliphatic heterocycles. The van der Waals surface area contributed by atoms with Crippen molar-refractivity contribution in [2.24, 2.45) is 0 Å². The van der Waals surface area contributed by atoms with E-state index in [1.807, 2.05) is 54.6 Å². The van der Waals surface area contributed by atoms with Gasteiger partial charge in [-0.25, -0.2) is 0 Å². The molecular formula is C50H37NO. The molecule has 52 heavy (non-hydrogen) atoms. The van der Waals surface area contributed by atoms with Crippen LogP contribution in [0.15, 0.2) is 224 Å². The number of nitrogens with zero attached hydrogens (tertiary/aromatic N) is 1. The van der Waals surface area contributed by atoms with Crippen LogP contribution in [0, 0.1) is 0 Å². The lowest BCUT2D eigenvalue weighted by Crippen LogP contribution is -2.31. The van der Waals surface area contributed by atoms with Gasteiger partial charge >= 0.3 is 0 Å². The molecule has 2 heteroatoms. The van der Waals surface area contributed by atoms with Gasteiger partial charge in [0.25, 0.3) is 0 Å². The van der Waals surface area contributed by atoms with E-state index in [0.717, 1.165) is 28.2 Å². The molecule has 0 heterocycles. The molecule has 0 saturated heterocycles. The molecule has 0 fully saturated rings. The number of carbonyl (C=O) groups is 1. The summed E-state index contributed by atoms with van der Waals surface area (Å²) in [7, 11) is 0. The predicted molar refractivity (Wildman–Crippen MR) is 215 cm³/mol. The normalized spacial score (nSPS) is 11.2. The molecule has 0 atom stereocenters. The van der Waals surface area contributed by atoms with Crippen molar-refractivity contribution >= 4 is 22.8 Å². The molecule has 0 saturated carbocycles. The maximum absolute atomic E-state index is 13.1. The van der Waals surface area contributed by atoms with Gasteiger partial charge in [-0.1, -0.05) is 188 Å². The van der Waals surface area contributed by atoms with Gasteiger partial charge in [-0.15, -0.1) is 0 Å². The van der Waals surface area contributed by atoms with Crippen LogP contribution in [0.2, 0.25) is 0 Å². The summed E-state index contributed by atoms with van der Waals surface area (Å²) in [5.41, 5.74) is 10.9. The molecule has 0 spiro atoms. The molecule has 0 amide bonds. The van der Waals surface area contributed by atoms with Crippen molar-refractivity contribution in [2.75, 3.05) is 4.90 Å². The Hall–Kier alpha value is -6.77. The summed E-state index contributed by atoms with van der Waals surface area (Å²) in [6, 6.07) is 77.9. The zero-order valence-electron chi connectivity index (χ0n) is 28.7. The van der Waals surface area contributed by atoms with E-state index in [9.17, 15) is 4.79 Å². The fourth-order valence-electron chi connectivity index (χ4n) is 7.32. The third kappa shape index (κ3) is 6.23. The lowest BCUT2D eigenvalue weighted by atomic mass is 9.65. The minimum absolute atomic E-state index is 0.0275. The van der Waals surface area contributed by atoms with Gasteiger partial charge < -0.3 is 4.90 Å². The second-order valence-electron chi connectivity index (χ2n) is 12.9. The van der Waals surface area contributed by atoms with Gasteiger partial charge in [0.2, 0.25) is 0 Å². The number of anilines is 3. The number of ketones is 1. The lowest BCUT2D eigenvalue weighted by molar-refractivity contribution is 0.103. The van der Waals surface area contributed by atoms with E-state index >= 15 is 0 Å². The average molecular weight is 668 g/mol. The third-order valence-corrected chi connectivity index (χ3v) is 9.84. The first-order chi connectivity index (χ1) is 25.7. The Morgan fingerprint density at radius 1 is 0.308 bits per heavy atom. The third-order valence-electron chi connectivity index (χ3n) is 9.84. The van der Waals surface area contributed by atoms with Crippen molar-refractivity contribution < 1.29 is 4.79 Å². The molecule has 0 bridgehead atoms. The molecule has 0 N–H and O–H groups in total. The van der Waals surface area contributed by atoms with Crippen LogP contribution >= 0.6 is 0 Å². The van der Waals surface area contributed by atoms with Gasteiger partial charge in [0.15, 0.2) is 5.78 Å². The second-order valence-corrected chi connectivity index (χ2v) is 12.9. The van der Waals surface area contributed by atoms with Crippen LogP contribution in [-0.2, 0) is 5.41 Å². The summed E-state index contributed by atoms with van der Waals surface area (Å²) in [6.45, 7) is 0. The average Bonchev–Trinajstić information content (AvgIpc) is 3.24. The quantitative estimate of drug-likeness (QED) is 0.107. The van der Waals surface area contributed by atoms with E-state index in [1.54, 1.807) is 0 Å². The van der Waals surface area contributed by atoms with Crippen molar-refractivity contribution in [3.8, 4) is 11.1 Å². The van der Waals surface area contributed by atoms with E-state index in [-0.39, 0.29) is 5.78 Å². The van der Waals surface area contributed by atoms with Crippen molar-refractivity contribution in [3.63, 3.8) is 0 Å². The molecule has 0 unspecified atom stereocenters. The van der Waals surface area contributed by atoms with Crippen LogP contribution in [0.3, 0.4) is 0 Å². The lowest BCUT2D eigenvalue weighted by Gasteiger charge is -2.37. The summed E-state index contributed by atoms with van der Waals surface area (Å²) in [5.74, 6) is 0.0275. The molecule has 0 aliphatic carbocycles. The van der Waals surface area contributed by atoms with Crippen LogP contribution < -0.4 is 4.90 Å². The molecule has 8 aromatic carbocycles. The van der Waals surface area contributed by atoms with E-state index in [1.165, 1.54) is 22.3 Å². The summed E-state index contributed by atoms with van der Waals surface area (Å²) in [6.07, 6.45) is 0. The molecular weight excluding hydrogens is 631 g/mol. The summed E-state index contributed by atoms with van der Waals surface area (Å²) in [4.78, 5) is 15.3. The SMILES string of the molecule is O=C(c1ccccc1)c1ccc(-c2ccc(C(c3ccccc3)(c3ccccc3)c3ccc(N(c4ccccc4)c4ccccc4)cc3)cc2)cc1. The van der Waals surface area contributed by atoms with Crippen LogP contribution in [0.5, 0.6) is 0 Å². The van der Waals surface area contributed by atoms with Crippen LogP contribution in [0.1, 0.15) is 38.2 Å². The molecule has 0 radical (unpaired) electrons. The maximum Gasteiger partial charge on any atom is 0.193 e.